The summed E-state index contributed by atoms with van der Waals surface area (Å²) in [5.41, 5.74) is 0.240. The standard InChI is InChI=1S/C21H12O6/c22-17-9-13(14-10-25-15-7-3-1-5-11(15)19(14)23)18-20(27-17)12-6-2-4-8-16(12)26-21(18)24/h1-8,10,13H,9H2/t13-/m0/s1. The lowest BCUT2D eigenvalue weighted by Gasteiger charge is -2.23. The third-order valence-corrected chi connectivity index (χ3v) is 4.82. The second-order valence-electron chi connectivity index (χ2n) is 6.38. The molecule has 6 nitrogen and oxygen atoms in total. The van der Waals surface area contributed by atoms with Crippen LogP contribution in [0.5, 0.6) is 5.75 Å². The highest BCUT2D eigenvalue weighted by Crippen LogP contribution is 2.40. The lowest BCUT2D eigenvalue weighted by Crippen LogP contribution is -2.29. The number of benzene rings is 2. The summed E-state index contributed by atoms with van der Waals surface area (Å²) in [6, 6.07) is 13.6. The number of hydrogen-bond donors (Lipinski definition) is 0. The predicted molar refractivity (Wildman–Crippen MR) is 97.1 cm³/mol. The highest BCUT2D eigenvalue weighted by atomic mass is 16.5. The lowest BCUT2D eigenvalue weighted by molar-refractivity contribution is -0.135. The van der Waals surface area contributed by atoms with E-state index in [2.05, 4.69) is 0 Å². The third-order valence-electron chi connectivity index (χ3n) is 4.82. The van der Waals surface area contributed by atoms with Gasteiger partial charge in [-0.05, 0) is 24.3 Å². The number of carbonyl (C=O) groups excluding carboxylic acids is 1. The first-order chi connectivity index (χ1) is 13.1. The smallest absolute Gasteiger partial charge is 0.343 e. The van der Waals surface area contributed by atoms with Crippen LogP contribution in [0.4, 0.5) is 0 Å². The highest BCUT2D eigenvalue weighted by Gasteiger charge is 2.35. The van der Waals surface area contributed by atoms with E-state index >= 15 is 0 Å². The first-order valence-corrected chi connectivity index (χ1v) is 8.40. The topological polar surface area (TPSA) is 86.7 Å². The SMILES string of the molecule is O=C1C[C@@H](c2coc3ccccc3c2=O)c2c(c3ccccc3oc2=O)O1. The van der Waals surface area contributed by atoms with Gasteiger partial charge in [-0.15, -0.1) is 0 Å². The van der Waals surface area contributed by atoms with Crippen molar-refractivity contribution in [3.8, 4) is 5.75 Å². The molecule has 0 aliphatic carbocycles. The maximum Gasteiger partial charge on any atom is 0.343 e. The summed E-state index contributed by atoms with van der Waals surface area (Å²) < 4.78 is 16.3. The summed E-state index contributed by atoms with van der Waals surface area (Å²) in [5, 5.41) is 0.899. The summed E-state index contributed by atoms with van der Waals surface area (Å²) in [5.74, 6) is -1.16. The van der Waals surface area contributed by atoms with Gasteiger partial charge in [-0.3, -0.25) is 9.59 Å². The maximum atomic E-state index is 13.0. The van der Waals surface area contributed by atoms with Gasteiger partial charge in [0, 0.05) is 11.5 Å². The van der Waals surface area contributed by atoms with Gasteiger partial charge in [-0.25, -0.2) is 4.79 Å². The number of para-hydroxylation sites is 2. The molecule has 0 radical (unpaired) electrons. The van der Waals surface area contributed by atoms with Crippen molar-refractivity contribution in [2.45, 2.75) is 12.3 Å². The normalized spacial score (nSPS) is 16.3. The zero-order valence-corrected chi connectivity index (χ0v) is 13.9. The molecule has 27 heavy (non-hydrogen) atoms. The van der Waals surface area contributed by atoms with Gasteiger partial charge >= 0.3 is 11.6 Å². The molecule has 0 saturated carbocycles. The lowest BCUT2D eigenvalue weighted by atomic mass is 9.87. The average molecular weight is 360 g/mol. The quantitative estimate of drug-likeness (QED) is 0.382. The van der Waals surface area contributed by atoms with Crippen molar-refractivity contribution in [3.63, 3.8) is 0 Å². The molecule has 0 amide bonds. The molecule has 0 N–H and O–H groups in total. The second-order valence-corrected chi connectivity index (χ2v) is 6.38. The molecule has 6 heteroatoms. The Kier molecular flexibility index (Phi) is 3.27. The van der Waals surface area contributed by atoms with Gasteiger partial charge in [-0.2, -0.15) is 0 Å². The number of carbonyl (C=O) groups is 1. The largest absolute Gasteiger partial charge is 0.464 e. The molecule has 1 aliphatic rings. The summed E-state index contributed by atoms with van der Waals surface area (Å²) >= 11 is 0. The fraction of sp³-hybridized carbons (Fsp3) is 0.0952. The Bertz CT molecular complexity index is 1340. The molecule has 2 aromatic carbocycles. The van der Waals surface area contributed by atoms with Crippen molar-refractivity contribution in [3.05, 3.63) is 86.6 Å². The zero-order valence-electron chi connectivity index (χ0n) is 13.9. The van der Waals surface area contributed by atoms with E-state index in [0.29, 0.717) is 21.9 Å². The average Bonchev–Trinajstić information content (AvgIpc) is 2.68. The van der Waals surface area contributed by atoms with E-state index in [-0.39, 0.29) is 28.7 Å². The third kappa shape index (κ3) is 2.30. The first kappa shape index (κ1) is 15.6. The zero-order chi connectivity index (χ0) is 18.5. The van der Waals surface area contributed by atoms with Crippen LogP contribution in [0.25, 0.3) is 21.9 Å². The minimum absolute atomic E-state index is 0.140. The molecule has 4 aromatic rings. The molecule has 1 atom stereocenters. The Morgan fingerprint density at radius 1 is 0.852 bits per heavy atom. The highest BCUT2D eigenvalue weighted by molar-refractivity contribution is 5.90. The Labute approximate surface area is 151 Å². The Morgan fingerprint density at radius 3 is 2.37 bits per heavy atom. The molecule has 0 fully saturated rings. The molecule has 2 aromatic heterocycles. The minimum Gasteiger partial charge on any atom is -0.464 e. The molecule has 0 spiro atoms. The summed E-state index contributed by atoms with van der Waals surface area (Å²) in [6.45, 7) is 0. The van der Waals surface area contributed by atoms with Crippen molar-refractivity contribution in [2.75, 3.05) is 0 Å². The summed E-state index contributed by atoms with van der Waals surface area (Å²) in [7, 11) is 0. The summed E-state index contributed by atoms with van der Waals surface area (Å²) in [4.78, 5) is 37.9. The van der Waals surface area contributed by atoms with Crippen molar-refractivity contribution >= 4 is 27.9 Å². The van der Waals surface area contributed by atoms with Crippen LogP contribution < -0.4 is 15.8 Å². The van der Waals surface area contributed by atoms with Crippen LogP contribution in [0.2, 0.25) is 0 Å². The molecule has 0 unspecified atom stereocenters. The molecule has 0 bridgehead atoms. The molecular weight excluding hydrogens is 348 g/mol. The number of hydrogen-bond acceptors (Lipinski definition) is 6. The predicted octanol–water partition coefficient (Wildman–Crippen LogP) is 3.34. The van der Waals surface area contributed by atoms with E-state index in [0.717, 1.165) is 0 Å². The van der Waals surface area contributed by atoms with Crippen molar-refractivity contribution in [1.82, 2.24) is 0 Å². The second kappa shape index (κ2) is 5.67. The first-order valence-electron chi connectivity index (χ1n) is 8.40. The van der Waals surface area contributed by atoms with Crippen molar-refractivity contribution < 1.29 is 18.4 Å². The summed E-state index contributed by atoms with van der Waals surface area (Å²) in [6.07, 6.45) is 1.17. The molecule has 5 rings (SSSR count). The van der Waals surface area contributed by atoms with Crippen LogP contribution in [0.1, 0.15) is 23.5 Å². The van der Waals surface area contributed by atoms with E-state index in [9.17, 15) is 14.4 Å². The molecule has 132 valence electrons. The van der Waals surface area contributed by atoms with E-state index in [4.69, 9.17) is 13.6 Å². The van der Waals surface area contributed by atoms with E-state index in [1.165, 1.54) is 6.26 Å². The molecule has 3 heterocycles. The van der Waals surface area contributed by atoms with Crippen LogP contribution >= 0.6 is 0 Å². The van der Waals surface area contributed by atoms with Gasteiger partial charge in [0.05, 0.1) is 29.0 Å². The minimum atomic E-state index is -0.789. The number of esters is 1. The fourth-order valence-electron chi connectivity index (χ4n) is 3.57. The van der Waals surface area contributed by atoms with Gasteiger partial charge in [0.2, 0.25) is 0 Å². The van der Waals surface area contributed by atoms with Crippen LogP contribution in [0.15, 0.2) is 73.2 Å². The van der Waals surface area contributed by atoms with Crippen LogP contribution in [0, 0.1) is 0 Å². The van der Waals surface area contributed by atoms with E-state index in [1.54, 1.807) is 48.5 Å². The molecular formula is C21H12O6. The van der Waals surface area contributed by atoms with E-state index in [1.807, 2.05) is 0 Å². The van der Waals surface area contributed by atoms with Crippen molar-refractivity contribution in [1.29, 1.82) is 0 Å². The van der Waals surface area contributed by atoms with Gasteiger partial charge < -0.3 is 13.6 Å². The number of fused-ring (bicyclic) bond motifs is 4. The fourth-order valence-corrected chi connectivity index (χ4v) is 3.57. The maximum absolute atomic E-state index is 13.0. The Morgan fingerprint density at radius 2 is 1.56 bits per heavy atom. The molecule has 0 saturated heterocycles. The van der Waals surface area contributed by atoms with Gasteiger partial charge in [0.15, 0.2) is 11.2 Å². The van der Waals surface area contributed by atoms with Gasteiger partial charge in [0.1, 0.15) is 11.2 Å². The number of rotatable bonds is 1. The van der Waals surface area contributed by atoms with E-state index < -0.39 is 17.5 Å². The van der Waals surface area contributed by atoms with Crippen LogP contribution in [-0.2, 0) is 4.79 Å². The van der Waals surface area contributed by atoms with Gasteiger partial charge in [-0.1, -0.05) is 24.3 Å². The Balaban J connectivity index is 1.83. The molecule has 1 aliphatic heterocycles. The van der Waals surface area contributed by atoms with Crippen LogP contribution in [0.3, 0.4) is 0 Å². The van der Waals surface area contributed by atoms with Crippen LogP contribution in [-0.4, -0.2) is 5.97 Å². The van der Waals surface area contributed by atoms with Gasteiger partial charge in [0.25, 0.3) is 0 Å². The Hall–Kier alpha value is -3.67. The monoisotopic (exact) mass is 360 g/mol. The van der Waals surface area contributed by atoms with Crippen molar-refractivity contribution in [2.24, 2.45) is 0 Å². The number of ether oxygens (including phenoxy) is 1.